The third-order valence-electron chi connectivity index (χ3n) is 1.79. The fourth-order valence-electron chi connectivity index (χ4n) is 1.06. The number of rotatable bonds is 2. The summed E-state index contributed by atoms with van der Waals surface area (Å²) in [6.07, 6.45) is 2.96. The van der Waals surface area contributed by atoms with Gasteiger partial charge in [-0.2, -0.15) is 0 Å². The number of aromatic amines is 2. The summed E-state index contributed by atoms with van der Waals surface area (Å²) in [5, 5.41) is 35.0. The van der Waals surface area contributed by atoms with Gasteiger partial charge in [0, 0.05) is 0 Å². The minimum atomic E-state index is 0.321. The average molecular weight is 216 g/mol. The van der Waals surface area contributed by atoms with Crippen molar-refractivity contribution in [1.29, 1.82) is 0 Å². The Bertz CT molecular complexity index is 499. The zero-order valence-electron chi connectivity index (χ0n) is 7.73. The Morgan fingerprint density at radius 2 is 1.12 bits per heavy atom. The van der Waals surface area contributed by atoms with E-state index in [1.54, 1.807) is 0 Å². The van der Waals surface area contributed by atoms with Gasteiger partial charge in [-0.05, 0) is 0 Å². The van der Waals surface area contributed by atoms with Crippen LogP contribution in [0.4, 0.5) is 0 Å². The van der Waals surface area contributed by atoms with Crippen LogP contribution in [0.1, 0.15) is 0 Å². The molecule has 3 rings (SSSR count). The summed E-state index contributed by atoms with van der Waals surface area (Å²) in [4.78, 5) is 0. The molecule has 0 unspecified atom stereocenters. The predicted octanol–water partition coefficient (Wildman–Crippen LogP) is -1.16. The molecule has 2 N–H and O–H groups in total. The highest BCUT2D eigenvalue weighted by molar-refractivity contribution is 5.47. The molecule has 0 aliphatic rings. The first-order valence-electron chi connectivity index (χ1n) is 4.24. The van der Waals surface area contributed by atoms with Gasteiger partial charge in [0.15, 0.2) is 0 Å². The molecule has 3 heterocycles. The smallest absolute Gasteiger partial charge is 0.223 e. The molecule has 3 aromatic heterocycles. The van der Waals surface area contributed by atoms with Gasteiger partial charge in [-0.3, -0.25) is 10.2 Å². The topological polar surface area (TPSA) is 135 Å². The van der Waals surface area contributed by atoms with E-state index in [4.69, 9.17) is 0 Å². The van der Waals surface area contributed by atoms with Crippen LogP contribution in [0, 0.1) is 0 Å². The van der Waals surface area contributed by atoms with Crippen molar-refractivity contribution >= 4 is 0 Å². The van der Waals surface area contributed by atoms with Crippen LogP contribution in [0.15, 0.2) is 12.4 Å². The van der Waals surface area contributed by atoms with Crippen molar-refractivity contribution in [2.75, 3.05) is 0 Å². The molecule has 10 heteroatoms. The van der Waals surface area contributed by atoms with Gasteiger partial charge in [-0.25, -0.2) is 0 Å². The Kier molecular flexibility index (Phi) is 1.82. The first kappa shape index (κ1) is 8.52. The normalized spacial score (nSPS) is 10.5. The van der Waals surface area contributed by atoms with Crippen LogP contribution in [0.3, 0.4) is 0 Å². The minimum Gasteiger partial charge on any atom is -0.254 e. The van der Waals surface area contributed by atoms with Crippen LogP contribution in [0.25, 0.3) is 23.0 Å². The number of hydrogen-bond donors (Lipinski definition) is 2. The van der Waals surface area contributed by atoms with Crippen molar-refractivity contribution in [3.63, 3.8) is 0 Å². The monoisotopic (exact) mass is 216 g/mol. The molecule has 10 nitrogen and oxygen atoms in total. The molecule has 0 atom stereocenters. The van der Waals surface area contributed by atoms with Gasteiger partial charge in [-0.15, -0.1) is 30.6 Å². The summed E-state index contributed by atoms with van der Waals surface area (Å²) in [5.74, 6) is 0.641. The maximum atomic E-state index is 3.87. The van der Waals surface area contributed by atoms with Crippen molar-refractivity contribution in [1.82, 2.24) is 51.2 Å². The SMILES string of the molecule is c1nn[nH]c1-c1nnc(-c2cnn[nH]2)nn1. The summed E-state index contributed by atoms with van der Waals surface area (Å²) in [5.41, 5.74) is 1.10. The molecule has 0 bridgehead atoms. The standard InChI is InChI=1S/C6H4N10/c1-3(9-15-7-1)5-11-13-6(14-12-5)4-2-8-16-10-4/h1-2H,(H,7,9,15)(H,8,10,16). The van der Waals surface area contributed by atoms with Crippen LogP contribution in [0.2, 0.25) is 0 Å². The molecule has 0 radical (unpaired) electrons. The van der Waals surface area contributed by atoms with E-state index in [1.165, 1.54) is 12.4 Å². The van der Waals surface area contributed by atoms with Gasteiger partial charge >= 0.3 is 0 Å². The highest BCUT2D eigenvalue weighted by Crippen LogP contribution is 2.09. The van der Waals surface area contributed by atoms with Crippen LogP contribution in [-0.4, -0.2) is 51.2 Å². The molecule has 78 valence electrons. The van der Waals surface area contributed by atoms with Gasteiger partial charge in [0.1, 0.15) is 11.4 Å². The van der Waals surface area contributed by atoms with E-state index in [0.717, 1.165) is 0 Å². The van der Waals surface area contributed by atoms with Crippen molar-refractivity contribution in [3.05, 3.63) is 12.4 Å². The molecule has 0 spiro atoms. The lowest BCUT2D eigenvalue weighted by Crippen LogP contribution is -1.99. The summed E-state index contributed by atoms with van der Waals surface area (Å²) in [6, 6.07) is 0. The first-order valence-corrected chi connectivity index (χ1v) is 4.24. The molecule has 16 heavy (non-hydrogen) atoms. The second-order valence-corrected chi connectivity index (χ2v) is 2.79. The molecule has 0 saturated carbocycles. The maximum Gasteiger partial charge on any atom is 0.223 e. The number of nitrogens with one attached hydrogen (secondary N) is 2. The largest absolute Gasteiger partial charge is 0.254 e. The van der Waals surface area contributed by atoms with E-state index in [1.807, 2.05) is 0 Å². The number of hydrogen-bond acceptors (Lipinski definition) is 8. The van der Waals surface area contributed by atoms with Crippen LogP contribution in [-0.2, 0) is 0 Å². The second-order valence-electron chi connectivity index (χ2n) is 2.79. The van der Waals surface area contributed by atoms with Crippen LogP contribution < -0.4 is 0 Å². The summed E-state index contributed by atoms with van der Waals surface area (Å²) >= 11 is 0. The Morgan fingerprint density at radius 1 is 0.688 bits per heavy atom. The Hall–Kier alpha value is -2.78. The van der Waals surface area contributed by atoms with E-state index in [-0.39, 0.29) is 0 Å². The molecule has 3 aromatic rings. The lowest BCUT2D eigenvalue weighted by molar-refractivity contribution is 0.856. The fraction of sp³-hybridized carbons (Fsp3) is 0. The minimum absolute atomic E-state index is 0.321. The number of H-pyrrole nitrogens is 2. The molecule has 0 fully saturated rings. The van der Waals surface area contributed by atoms with E-state index < -0.39 is 0 Å². The van der Waals surface area contributed by atoms with E-state index in [2.05, 4.69) is 51.2 Å². The van der Waals surface area contributed by atoms with Crippen molar-refractivity contribution in [3.8, 4) is 23.0 Å². The number of aromatic nitrogens is 10. The molecule has 0 aliphatic carbocycles. The van der Waals surface area contributed by atoms with E-state index in [9.17, 15) is 0 Å². The van der Waals surface area contributed by atoms with Crippen LogP contribution in [0.5, 0.6) is 0 Å². The molecule has 0 aliphatic heterocycles. The highest BCUT2D eigenvalue weighted by atomic mass is 15.4. The summed E-state index contributed by atoms with van der Waals surface area (Å²) in [7, 11) is 0. The predicted molar refractivity (Wildman–Crippen MR) is 48.4 cm³/mol. The molecule has 0 aromatic carbocycles. The van der Waals surface area contributed by atoms with Crippen molar-refractivity contribution < 1.29 is 0 Å². The second kappa shape index (κ2) is 3.42. The average Bonchev–Trinajstić information content (AvgIpc) is 3.03. The lowest BCUT2D eigenvalue weighted by atomic mass is 10.4. The van der Waals surface area contributed by atoms with E-state index in [0.29, 0.717) is 23.0 Å². The number of nitrogens with zero attached hydrogens (tertiary/aromatic N) is 8. The van der Waals surface area contributed by atoms with Gasteiger partial charge in [-0.1, -0.05) is 10.4 Å². The van der Waals surface area contributed by atoms with Crippen molar-refractivity contribution in [2.24, 2.45) is 0 Å². The van der Waals surface area contributed by atoms with Crippen molar-refractivity contribution in [2.45, 2.75) is 0 Å². The fourth-order valence-corrected chi connectivity index (χ4v) is 1.06. The van der Waals surface area contributed by atoms with Gasteiger partial charge in [0.2, 0.25) is 11.6 Å². The Morgan fingerprint density at radius 3 is 1.44 bits per heavy atom. The third-order valence-corrected chi connectivity index (χ3v) is 1.79. The highest BCUT2D eigenvalue weighted by Gasteiger charge is 2.08. The Labute approximate surface area is 87.5 Å². The van der Waals surface area contributed by atoms with Gasteiger partial charge in [0.25, 0.3) is 0 Å². The molecule has 0 amide bonds. The summed E-state index contributed by atoms with van der Waals surface area (Å²) in [6.45, 7) is 0. The third kappa shape index (κ3) is 1.37. The maximum absolute atomic E-state index is 3.87. The quantitative estimate of drug-likeness (QED) is 0.547. The zero-order chi connectivity index (χ0) is 10.8. The zero-order valence-corrected chi connectivity index (χ0v) is 7.73. The summed E-state index contributed by atoms with van der Waals surface area (Å²) < 4.78 is 0. The first-order chi connectivity index (χ1) is 7.93. The van der Waals surface area contributed by atoms with E-state index >= 15 is 0 Å². The lowest BCUT2D eigenvalue weighted by Gasteiger charge is -1.94. The Balaban J connectivity index is 1.97. The molecule has 0 saturated heterocycles. The molecular formula is C6H4N10. The van der Waals surface area contributed by atoms with Crippen LogP contribution >= 0.6 is 0 Å². The molecular weight excluding hydrogens is 212 g/mol. The van der Waals surface area contributed by atoms with Gasteiger partial charge in [0.05, 0.1) is 12.4 Å². The van der Waals surface area contributed by atoms with Gasteiger partial charge < -0.3 is 0 Å².